The minimum Gasteiger partial charge on any atom is -0.494 e. The number of H-pyrrole nitrogens is 1. The van der Waals surface area contributed by atoms with E-state index in [1.54, 1.807) is 6.07 Å². The Morgan fingerprint density at radius 3 is 2.62 bits per heavy atom. The average molecular weight is 353 g/mol. The van der Waals surface area contributed by atoms with Gasteiger partial charge in [-0.05, 0) is 36.8 Å². The zero-order valence-corrected chi connectivity index (χ0v) is 13.2. The first-order valence-corrected chi connectivity index (χ1v) is 7.35. The molecule has 2 N–H and O–H groups in total. The van der Waals surface area contributed by atoms with Gasteiger partial charge in [-0.25, -0.2) is 0 Å². The molecule has 1 aromatic heterocycles. The Hall–Kier alpha value is -2.47. The third kappa shape index (κ3) is 3.10. The molecule has 2 aromatic carbocycles. The number of alkyl halides is 3. The van der Waals surface area contributed by atoms with Crippen LogP contribution in [-0.4, -0.2) is 16.3 Å². The van der Waals surface area contributed by atoms with Crippen LogP contribution in [0.3, 0.4) is 0 Å². The minimum absolute atomic E-state index is 0.0210. The largest absolute Gasteiger partial charge is 0.494 e. The van der Waals surface area contributed by atoms with Crippen molar-refractivity contribution in [2.45, 2.75) is 13.1 Å². The second kappa shape index (κ2) is 5.87. The van der Waals surface area contributed by atoms with E-state index in [9.17, 15) is 18.3 Å². The van der Waals surface area contributed by atoms with Gasteiger partial charge < -0.3 is 10.1 Å². The molecular formula is C17H12ClF3N2O. The Labute approximate surface area is 140 Å². The maximum atomic E-state index is 12.8. The van der Waals surface area contributed by atoms with Gasteiger partial charge in [-0.2, -0.15) is 13.2 Å². The van der Waals surface area contributed by atoms with Crippen LogP contribution in [0, 0.1) is 6.92 Å². The molecule has 0 saturated carbocycles. The molecule has 124 valence electrons. The summed E-state index contributed by atoms with van der Waals surface area (Å²) in [6.07, 6.45) is -3.18. The number of nitrogens with one attached hydrogen (secondary N) is 1. The van der Waals surface area contributed by atoms with Gasteiger partial charge in [0.05, 0.1) is 21.8 Å². The monoisotopic (exact) mass is 352 g/mol. The van der Waals surface area contributed by atoms with Crippen molar-refractivity contribution in [3.63, 3.8) is 0 Å². The molecule has 0 aliphatic heterocycles. The Morgan fingerprint density at radius 2 is 1.92 bits per heavy atom. The summed E-state index contributed by atoms with van der Waals surface area (Å²) < 4.78 is 38.4. The number of fused-ring (bicyclic) bond motifs is 1. The Morgan fingerprint density at radius 1 is 1.17 bits per heavy atom. The lowest BCUT2D eigenvalue weighted by molar-refractivity contribution is -0.137. The number of nitrogens with zero attached hydrogens (tertiary/aromatic N) is 1. The number of aliphatic imine (C=N–C) groups is 1. The van der Waals surface area contributed by atoms with E-state index in [0.717, 1.165) is 23.8 Å². The van der Waals surface area contributed by atoms with Crippen LogP contribution in [0.15, 0.2) is 41.4 Å². The number of hydrogen-bond donors (Lipinski definition) is 2. The van der Waals surface area contributed by atoms with Crippen LogP contribution in [0.1, 0.15) is 16.7 Å². The maximum Gasteiger partial charge on any atom is 0.416 e. The molecule has 0 aliphatic rings. The number of rotatable bonds is 2. The lowest BCUT2D eigenvalue weighted by Gasteiger charge is -2.07. The molecule has 3 nitrogen and oxygen atoms in total. The zero-order valence-electron chi connectivity index (χ0n) is 12.4. The van der Waals surface area contributed by atoms with Crippen molar-refractivity contribution in [1.82, 2.24) is 4.98 Å². The molecule has 0 spiro atoms. The van der Waals surface area contributed by atoms with Gasteiger partial charge in [-0.3, -0.25) is 4.99 Å². The molecule has 0 saturated heterocycles. The van der Waals surface area contributed by atoms with Crippen LogP contribution in [0.5, 0.6) is 5.88 Å². The summed E-state index contributed by atoms with van der Waals surface area (Å²) in [6.45, 7) is 1.91. The SMILES string of the molecule is Cc1ccc2c(C=Nc3cc(C(F)(F)F)ccc3Cl)c(O)[nH]c2c1. The third-order valence-electron chi connectivity index (χ3n) is 3.58. The molecule has 3 rings (SSSR count). The van der Waals surface area contributed by atoms with Crippen LogP contribution in [0.25, 0.3) is 10.9 Å². The predicted octanol–water partition coefficient (Wildman–Crippen LogP) is 5.60. The van der Waals surface area contributed by atoms with Crippen molar-refractivity contribution in [3.8, 4) is 5.88 Å². The van der Waals surface area contributed by atoms with Gasteiger partial charge in [-0.1, -0.05) is 23.7 Å². The fraction of sp³-hybridized carbons (Fsp3) is 0.118. The summed E-state index contributed by atoms with van der Waals surface area (Å²) in [4.78, 5) is 6.82. The molecule has 24 heavy (non-hydrogen) atoms. The standard InChI is InChI=1S/C17H12ClF3N2O/c1-9-2-4-11-12(16(24)23-14(11)6-9)8-22-15-7-10(17(19,20)21)3-5-13(15)18/h2-8,23-24H,1H3. The second-order valence-electron chi connectivity index (χ2n) is 5.36. The Kier molecular flexibility index (Phi) is 4.01. The number of benzene rings is 2. The van der Waals surface area contributed by atoms with Crippen LogP contribution >= 0.6 is 11.6 Å². The van der Waals surface area contributed by atoms with E-state index >= 15 is 0 Å². The molecule has 0 fully saturated rings. The van der Waals surface area contributed by atoms with E-state index in [2.05, 4.69) is 9.98 Å². The highest BCUT2D eigenvalue weighted by Crippen LogP contribution is 2.35. The molecule has 0 bridgehead atoms. The average Bonchev–Trinajstić information content (AvgIpc) is 2.79. The number of aryl methyl sites for hydroxylation is 1. The van der Waals surface area contributed by atoms with Crippen LogP contribution in [0.2, 0.25) is 5.02 Å². The first-order chi connectivity index (χ1) is 11.3. The highest BCUT2D eigenvalue weighted by Gasteiger charge is 2.30. The van der Waals surface area contributed by atoms with Gasteiger partial charge >= 0.3 is 6.18 Å². The lowest BCUT2D eigenvalue weighted by Crippen LogP contribution is -2.04. The van der Waals surface area contributed by atoms with E-state index < -0.39 is 11.7 Å². The fourth-order valence-corrected chi connectivity index (χ4v) is 2.54. The molecular weight excluding hydrogens is 341 g/mol. The summed E-state index contributed by atoms with van der Waals surface area (Å²) in [7, 11) is 0. The molecule has 1 heterocycles. The van der Waals surface area contributed by atoms with Crippen LogP contribution in [0.4, 0.5) is 18.9 Å². The summed E-state index contributed by atoms with van der Waals surface area (Å²) in [6, 6.07) is 8.43. The van der Waals surface area contributed by atoms with Crippen molar-refractivity contribution in [2.75, 3.05) is 0 Å². The summed E-state index contributed by atoms with van der Waals surface area (Å²) in [5.74, 6) is -0.109. The summed E-state index contributed by atoms with van der Waals surface area (Å²) in [5.41, 5.74) is 1.25. The van der Waals surface area contributed by atoms with Crippen molar-refractivity contribution in [3.05, 3.63) is 58.1 Å². The molecule has 0 radical (unpaired) electrons. The maximum absolute atomic E-state index is 12.8. The van der Waals surface area contributed by atoms with Crippen molar-refractivity contribution < 1.29 is 18.3 Å². The van der Waals surface area contributed by atoms with E-state index in [0.29, 0.717) is 16.5 Å². The van der Waals surface area contributed by atoms with Gasteiger partial charge in [-0.15, -0.1) is 0 Å². The lowest BCUT2D eigenvalue weighted by atomic mass is 10.1. The van der Waals surface area contributed by atoms with E-state index in [-0.39, 0.29) is 16.6 Å². The minimum atomic E-state index is -4.48. The van der Waals surface area contributed by atoms with Crippen molar-refractivity contribution in [1.29, 1.82) is 0 Å². The summed E-state index contributed by atoms with van der Waals surface area (Å²) in [5, 5.41) is 10.8. The number of hydrogen-bond acceptors (Lipinski definition) is 2. The zero-order chi connectivity index (χ0) is 17.5. The second-order valence-corrected chi connectivity index (χ2v) is 5.77. The Balaban J connectivity index is 2.04. The van der Waals surface area contributed by atoms with E-state index in [4.69, 9.17) is 11.6 Å². The molecule has 0 unspecified atom stereocenters. The van der Waals surface area contributed by atoms with E-state index in [1.165, 1.54) is 6.21 Å². The quantitative estimate of drug-likeness (QED) is 0.579. The summed E-state index contributed by atoms with van der Waals surface area (Å²) >= 11 is 5.91. The van der Waals surface area contributed by atoms with Gasteiger partial charge in [0.15, 0.2) is 5.88 Å². The number of aromatic hydroxyl groups is 1. The number of aromatic nitrogens is 1. The predicted molar refractivity (Wildman–Crippen MR) is 88.4 cm³/mol. The first-order valence-electron chi connectivity index (χ1n) is 6.98. The topological polar surface area (TPSA) is 48.4 Å². The van der Waals surface area contributed by atoms with Crippen molar-refractivity contribution in [2.24, 2.45) is 4.99 Å². The first kappa shape index (κ1) is 16.4. The normalized spacial score (nSPS) is 12.4. The molecule has 0 aliphatic carbocycles. The van der Waals surface area contributed by atoms with Crippen LogP contribution in [-0.2, 0) is 6.18 Å². The van der Waals surface area contributed by atoms with Gasteiger partial charge in [0.1, 0.15) is 0 Å². The molecule has 0 amide bonds. The van der Waals surface area contributed by atoms with E-state index in [1.807, 2.05) is 19.1 Å². The van der Waals surface area contributed by atoms with Crippen molar-refractivity contribution >= 4 is 34.4 Å². The molecule has 3 aromatic rings. The third-order valence-corrected chi connectivity index (χ3v) is 3.90. The van der Waals surface area contributed by atoms with Gasteiger partial charge in [0.2, 0.25) is 0 Å². The molecule has 7 heteroatoms. The fourth-order valence-electron chi connectivity index (χ4n) is 2.37. The Bertz CT molecular complexity index is 945. The van der Waals surface area contributed by atoms with Gasteiger partial charge in [0.25, 0.3) is 0 Å². The molecule has 0 atom stereocenters. The highest BCUT2D eigenvalue weighted by atomic mass is 35.5. The smallest absolute Gasteiger partial charge is 0.416 e. The highest BCUT2D eigenvalue weighted by molar-refractivity contribution is 6.33. The number of halogens is 4. The van der Waals surface area contributed by atoms with Crippen LogP contribution < -0.4 is 0 Å². The number of aromatic amines is 1. The van der Waals surface area contributed by atoms with Gasteiger partial charge in [0, 0.05) is 17.1 Å².